The van der Waals surface area contributed by atoms with Crippen LogP contribution in [0.25, 0.3) is 0 Å². The quantitative estimate of drug-likeness (QED) is 0.440. The molecule has 1 aromatic carbocycles. The highest BCUT2D eigenvalue weighted by molar-refractivity contribution is 7.89. The van der Waals surface area contributed by atoms with Crippen molar-refractivity contribution in [1.29, 1.82) is 0 Å². The van der Waals surface area contributed by atoms with E-state index in [1.54, 1.807) is 0 Å². The molecular weight excluding hydrogens is 354 g/mol. The summed E-state index contributed by atoms with van der Waals surface area (Å²) in [6.07, 6.45) is 1.63. The Labute approximate surface area is 143 Å². The monoisotopic (exact) mass is 369 g/mol. The first-order valence-electron chi connectivity index (χ1n) is 7.16. The number of nitro benzene ring substituents is 1. The average molecular weight is 369 g/mol. The summed E-state index contributed by atoms with van der Waals surface area (Å²) >= 11 is 0. The lowest BCUT2D eigenvalue weighted by Gasteiger charge is -2.33. The molecule has 2 rings (SSSR count). The van der Waals surface area contributed by atoms with Crippen molar-refractivity contribution < 1.29 is 28.0 Å². The highest BCUT2D eigenvalue weighted by Crippen LogP contribution is 2.22. The summed E-state index contributed by atoms with van der Waals surface area (Å²) in [5, 5.41) is 19.3. The third-order valence-electron chi connectivity index (χ3n) is 3.59. The lowest BCUT2D eigenvalue weighted by Crippen LogP contribution is -2.50. The van der Waals surface area contributed by atoms with Crippen LogP contribution in [0.2, 0.25) is 0 Å². The molecule has 1 aromatic rings. The van der Waals surface area contributed by atoms with Crippen LogP contribution in [-0.2, 0) is 19.6 Å². The van der Waals surface area contributed by atoms with Crippen LogP contribution in [0.5, 0.6) is 0 Å². The molecule has 0 aromatic heterocycles. The van der Waals surface area contributed by atoms with Crippen LogP contribution in [0.1, 0.15) is 0 Å². The number of nitro groups is 1. The Morgan fingerprint density at radius 3 is 2.36 bits per heavy atom. The van der Waals surface area contributed by atoms with Crippen LogP contribution in [-0.4, -0.2) is 65.7 Å². The summed E-state index contributed by atoms with van der Waals surface area (Å²) in [5.74, 6) is -1.77. The number of carbonyl (C=O) groups excluding carboxylic acids is 1. The Morgan fingerprint density at radius 2 is 1.80 bits per heavy atom. The number of amides is 1. The molecule has 11 heteroatoms. The van der Waals surface area contributed by atoms with E-state index in [4.69, 9.17) is 5.11 Å². The number of aliphatic carboxylic acids is 1. The number of sulfonamides is 1. The largest absolute Gasteiger partial charge is 0.478 e. The van der Waals surface area contributed by atoms with Gasteiger partial charge in [0.2, 0.25) is 15.9 Å². The number of carboxylic acid groups (broad SMARTS) is 1. The Hall–Kier alpha value is -2.79. The molecule has 0 radical (unpaired) electrons. The molecule has 10 nitrogen and oxygen atoms in total. The lowest BCUT2D eigenvalue weighted by molar-refractivity contribution is -0.385. The van der Waals surface area contributed by atoms with E-state index in [1.165, 1.54) is 23.1 Å². The first kappa shape index (κ1) is 18.5. The van der Waals surface area contributed by atoms with E-state index in [2.05, 4.69) is 0 Å². The minimum absolute atomic E-state index is 0.0116. The van der Waals surface area contributed by atoms with Gasteiger partial charge in [0.05, 0.1) is 9.82 Å². The maximum Gasteiger partial charge on any atom is 0.328 e. The summed E-state index contributed by atoms with van der Waals surface area (Å²) in [6.45, 7) is 0.212. The van der Waals surface area contributed by atoms with Crippen molar-refractivity contribution in [2.45, 2.75) is 4.90 Å². The van der Waals surface area contributed by atoms with Crippen LogP contribution in [0, 0.1) is 10.1 Å². The molecule has 1 N–H and O–H groups in total. The molecule has 1 aliphatic heterocycles. The molecule has 0 spiro atoms. The van der Waals surface area contributed by atoms with Crippen molar-refractivity contribution in [1.82, 2.24) is 9.21 Å². The zero-order valence-electron chi connectivity index (χ0n) is 12.9. The number of rotatable bonds is 5. The van der Waals surface area contributed by atoms with Crippen LogP contribution in [0.4, 0.5) is 5.69 Å². The maximum atomic E-state index is 12.6. The van der Waals surface area contributed by atoms with Crippen LogP contribution in [0.3, 0.4) is 0 Å². The molecule has 0 saturated carbocycles. The first-order valence-corrected chi connectivity index (χ1v) is 8.60. The number of carbonyl (C=O) groups is 2. The number of hydrogen-bond acceptors (Lipinski definition) is 6. The molecular formula is C14H15N3O7S. The van der Waals surface area contributed by atoms with E-state index < -0.39 is 26.8 Å². The molecule has 0 unspecified atom stereocenters. The maximum absolute atomic E-state index is 12.6. The summed E-state index contributed by atoms with van der Waals surface area (Å²) in [6, 6.07) is 4.75. The van der Waals surface area contributed by atoms with Gasteiger partial charge in [-0.15, -0.1) is 0 Å². The van der Waals surface area contributed by atoms with Gasteiger partial charge in [0.25, 0.3) is 5.69 Å². The van der Waals surface area contributed by atoms with Gasteiger partial charge in [-0.3, -0.25) is 14.9 Å². The summed E-state index contributed by atoms with van der Waals surface area (Å²) in [7, 11) is -3.91. The topological polar surface area (TPSA) is 138 Å². The number of piperazine rings is 1. The molecule has 0 bridgehead atoms. The summed E-state index contributed by atoms with van der Waals surface area (Å²) in [5.41, 5.74) is -0.325. The average Bonchev–Trinajstić information content (AvgIpc) is 2.59. The summed E-state index contributed by atoms with van der Waals surface area (Å²) < 4.78 is 26.3. The van der Waals surface area contributed by atoms with Crippen molar-refractivity contribution in [3.63, 3.8) is 0 Å². The number of carboxylic acids is 1. The Bertz CT molecular complexity index is 827. The number of hydrogen-bond donors (Lipinski definition) is 1. The minimum atomic E-state index is -3.91. The van der Waals surface area contributed by atoms with E-state index >= 15 is 0 Å². The molecule has 1 saturated heterocycles. The molecule has 25 heavy (non-hydrogen) atoms. The first-order chi connectivity index (χ1) is 11.7. The normalized spacial score (nSPS) is 16.1. The second-order valence-electron chi connectivity index (χ2n) is 5.16. The fourth-order valence-corrected chi connectivity index (χ4v) is 3.77. The van der Waals surface area contributed by atoms with Gasteiger partial charge in [0.1, 0.15) is 0 Å². The zero-order valence-corrected chi connectivity index (χ0v) is 13.8. The predicted molar refractivity (Wildman–Crippen MR) is 85.2 cm³/mol. The SMILES string of the molecule is O=C(O)C=CC(=O)N1CCN(S(=O)(=O)c2cccc([N+](=O)[O-])c2)CC1. The molecule has 1 amide bonds. The smallest absolute Gasteiger partial charge is 0.328 e. The Morgan fingerprint density at radius 1 is 1.16 bits per heavy atom. The molecule has 1 heterocycles. The van der Waals surface area contributed by atoms with Crippen LogP contribution >= 0.6 is 0 Å². The van der Waals surface area contributed by atoms with Crippen molar-refractivity contribution in [3.05, 3.63) is 46.5 Å². The van der Waals surface area contributed by atoms with Gasteiger partial charge in [-0.05, 0) is 6.07 Å². The lowest BCUT2D eigenvalue weighted by atomic mass is 10.3. The van der Waals surface area contributed by atoms with Gasteiger partial charge in [-0.25, -0.2) is 13.2 Å². The van der Waals surface area contributed by atoms with Crippen LogP contribution in [0.15, 0.2) is 41.3 Å². The Balaban J connectivity index is 2.09. The zero-order chi connectivity index (χ0) is 18.6. The van der Waals surface area contributed by atoms with Gasteiger partial charge in [0.15, 0.2) is 0 Å². The Kier molecular flexibility index (Phi) is 5.49. The molecule has 134 valence electrons. The van der Waals surface area contributed by atoms with E-state index in [1.807, 2.05) is 0 Å². The van der Waals surface area contributed by atoms with Gasteiger partial charge >= 0.3 is 5.97 Å². The highest BCUT2D eigenvalue weighted by Gasteiger charge is 2.30. The molecule has 1 aliphatic rings. The van der Waals surface area contributed by atoms with E-state index in [9.17, 15) is 28.1 Å². The summed E-state index contributed by atoms with van der Waals surface area (Å²) in [4.78, 5) is 33.4. The van der Waals surface area contributed by atoms with Gasteiger partial charge in [0, 0.05) is 50.5 Å². The molecule has 0 aliphatic carbocycles. The second-order valence-corrected chi connectivity index (χ2v) is 7.09. The van der Waals surface area contributed by atoms with E-state index in [0.717, 1.165) is 16.4 Å². The van der Waals surface area contributed by atoms with Gasteiger partial charge < -0.3 is 10.0 Å². The molecule has 1 fully saturated rings. The fraction of sp³-hybridized carbons (Fsp3) is 0.286. The van der Waals surface area contributed by atoms with Gasteiger partial charge in [-0.1, -0.05) is 6.07 Å². The number of benzene rings is 1. The predicted octanol–water partition coefficient (Wildman–Crippen LogP) is 0.0685. The number of non-ortho nitro benzene ring substituents is 1. The van der Waals surface area contributed by atoms with Crippen LogP contribution < -0.4 is 0 Å². The standard InChI is InChI=1S/C14H15N3O7S/c18-13(4-5-14(19)20)15-6-8-16(9-7-15)25(23,24)12-3-1-2-11(10-12)17(21)22/h1-5,10H,6-9H2,(H,19,20). The third-order valence-corrected chi connectivity index (χ3v) is 5.48. The van der Waals surface area contributed by atoms with Gasteiger partial charge in [-0.2, -0.15) is 4.31 Å². The number of nitrogens with zero attached hydrogens (tertiary/aromatic N) is 3. The van der Waals surface area contributed by atoms with Crippen molar-refractivity contribution >= 4 is 27.6 Å². The van der Waals surface area contributed by atoms with Crippen molar-refractivity contribution in [3.8, 4) is 0 Å². The molecule has 0 atom stereocenters. The van der Waals surface area contributed by atoms with Crippen molar-refractivity contribution in [2.75, 3.05) is 26.2 Å². The van der Waals surface area contributed by atoms with Crippen molar-refractivity contribution in [2.24, 2.45) is 0 Å². The minimum Gasteiger partial charge on any atom is -0.478 e. The third kappa shape index (κ3) is 4.39. The highest BCUT2D eigenvalue weighted by atomic mass is 32.2. The second kappa shape index (κ2) is 7.40. The van der Waals surface area contributed by atoms with E-state index in [-0.39, 0.29) is 36.8 Å². The fourth-order valence-electron chi connectivity index (χ4n) is 2.30. The van der Waals surface area contributed by atoms with E-state index in [0.29, 0.717) is 6.08 Å².